The Balaban J connectivity index is 2.09. The summed E-state index contributed by atoms with van der Waals surface area (Å²) in [5.74, 6) is 0.817. The predicted molar refractivity (Wildman–Crippen MR) is 84.9 cm³/mol. The Morgan fingerprint density at radius 2 is 1.89 bits per heavy atom. The summed E-state index contributed by atoms with van der Waals surface area (Å²) in [5.41, 5.74) is 4.58. The third-order valence-corrected chi connectivity index (χ3v) is 4.63. The molecule has 0 saturated heterocycles. The number of aryl methyl sites for hydroxylation is 1. The summed E-state index contributed by atoms with van der Waals surface area (Å²) in [6.07, 6.45) is 9.04. The van der Waals surface area contributed by atoms with E-state index in [9.17, 15) is 0 Å². The highest BCUT2D eigenvalue weighted by Gasteiger charge is 2.16. The summed E-state index contributed by atoms with van der Waals surface area (Å²) in [5, 5.41) is 3.82. The van der Waals surface area contributed by atoms with E-state index in [0.717, 1.165) is 5.92 Å². The highest BCUT2D eigenvalue weighted by atomic mass is 14.9. The van der Waals surface area contributed by atoms with Crippen molar-refractivity contribution in [1.82, 2.24) is 0 Å². The van der Waals surface area contributed by atoms with Gasteiger partial charge in [-0.1, -0.05) is 39.3 Å². The van der Waals surface area contributed by atoms with Gasteiger partial charge in [-0.3, -0.25) is 0 Å². The lowest BCUT2D eigenvalue weighted by Gasteiger charge is -2.26. The molecule has 1 aliphatic rings. The predicted octanol–water partition coefficient (Wildman–Crippen LogP) is 5.19. The van der Waals surface area contributed by atoms with Crippen LogP contribution in [-0.2, 0) is 12.8 Å². The molecule has 0 aromatic heterocycles. The zero-order valence-electron chi connectivity index (χ0n) is 12.8. The molecule has 0 radical (unpaired) electrons. The molecule has 2 rings (SSSR count). The molecule has 1 aliphatic carbocycles. The van der Waals surface area contributed by atoms with E-state index in [2.05, 4.69) is 44.3 Å². The molecule has 0 bridgehead atoms. The van der Waals surface area contributed by atoms with Gasteiger partial charge in [0.15, 0.2) is 0 Å². The van der Waals surface area contributed by atoms with Crippen LogP contribution in [0.5, 0.6) is 0 Å². The molecule has 0 aliphatic heterocycles. The van der Waals surface area contributed by atoms with Gasteiger partial charge in [0.05, 0.1) is 0 Å². The van der Waals surface area contributed by atoms with Crippen molar-refractivity contribution in [2.75, 3.05) is 5.32 Å². The van der Waals surface area contributed by atoms with Crippen molar-refractivity contribution < 1.29 is 0 Å². The van der Waals surface area contributed by atoms with Crippen LogP contribution >= 0.6 is 0 Å². The fourth-order valence-corrected chi connectivity index (χ4v) is 3.12. The monoisotopic (exact) mass is 259 g/mol. The van der Waals surface area contributed by atoms with Gasteiger partial charge in [0.1, 0.15) is 0 Å². The van der Waals surface area contributed by atoms with Crippen molar-refractivity contribution in [3.8, 4) is 0 Å². The van der Waals surface area contributed by atoms with Gasteiger partial charge in [-0.15, -0.1) is 0 Å². The van der Waals surface area contributed by atoms with Gasteiger partial charge in [0, 0.05) is 11.7 Å². The van der Waals surface area contributed by atoms with Crippen LogP contribution in [0.4, 0.5) is 5.69 Å². The highest BCUT2D eigenvalue weighted by Crippen LogP contribution is 2.29. The lowest BCUT2D eigenvalue weighted by Crippen LogP contribution is -2.22. The third-order valence-electron chi connectivity index (χ3n) is 4.63. The molecule has 1 N–H and O–H groups in total. The largest absolute Gasteiger partial charge is 0.382 e. The van der Waals surface area contributed by atoms with Gasteiger partial charge >= 0.3 is 0 Å². The molecule has 2 atom stereocenters. The fraction of sp³-hybridized carbons (Fsp3) is 0.667. The van der Waals surface area contributed by atoms with E-state index >= 15 is 0 Å². The minimum absolute atomic E-state index is 0.628. The van der Waals surface area contributed by atoms with Crippen LogP contribution in [0, 0.1) is 5.92 Å². The first kappa shape index (κ1) is 14.4. The van der Waals surface area contributed by atoms with Crippen molar-refractivity contribution in [1.29, 1.82) is 0 Å². The first-order valence-electron chi connectivity index (χ1n) is 8.11. The molecule has 0 saturated carbocycles. The topological polar surface area (TPSA) is 12.0 Å². The van der Waals surface area contributed by atoms with Crippen LogP contribution in [0.15, 0.2) is 18.2 Å². The van der Waals surface area contributed by atoms with Crippen molar-refractivity contribution in [3.05, 3.63) is 29.3 Å². The molecule has 1 aromatic rings. The number of nitrogens with one attached hydrogen (secondary N) is 1. The van der Waals surface area contributed by atoms with E-state index in [1.54, 1.807) is 11.1 Å². The quantitative estimate of drug-likeness (QED) is 0.741. The van der Waals surface area contributed by atoms with Crippen molar-refractivity contribution in [2.45, 2.75) is 71.8 Å². The normalized spacial score (nSPS) is 17.6. The zero-order chi connectivity index (χ0) is 13.7. The zero-order valence-corrected chi connectivity index (χ0v) is 12.8. The summed E-state index contributed by atoms with van der Waals surface area (Å²) in [7, 11) is 0. The first-order valence-corrected chi connectivity index (χ1v) is 8.11. The van der Waals surface area contributed by atoms with E-state index in [1.165, 1.54) is 50.6 Å². The Bertz CT molecular complexity index is 397. The van der Waals surface area contributed by atoms with Gasteiger partial charge in [-0.2, -0.15) is 0 Å². The maximum Gasteiger partial charge on any atom is 0.0377 e. The van der Waals surface area contributed by atoms with Crippen LogP contribution in [0.3, 0.4) is 0 Å². The Kier molecular flexibility index (Phi) is 5.30. The molecule has 1 heteroatoms. The fourth-order valence-electron chi connectivity index (χ4n) is 3.12. The Morgan fingerprint density at radius 1 is 1.11 bits per heavy atom. The molecule has 0 spiro atoms. The first-order chi connectivity index (χ1) is 9.24. The van der Waals surface area contributed by atoms with Gasteiger partial charge in [0.2, 0.25) is 0 Å². The molecule has 0 amide bonds. The average Bonchev–Trinajstić information content (AvgIpc) is 2.46. The second kappa shape index (κ2) is 6.98. The van der Waals surface area contributed by atoms with Gasteiger partial charge in [-0.25, -0.2) is 0 Å². The van der Waals surface area contributed by atoms with E-state index in [-0.39, 0.29) is 0 Å². The van der Waals surface area contributed by atoms with Crippen molar-refractivity contribution in [3.63, 3.8) is 0 Å². The maximum atomic E-state index is 3.82. The number of anilines is 1. The van der Waals surface area contributed by atoms with Crippen LogP contribution in [0.25, 0.3) is 0 Å². The lowest BCUT2D eigenvalue weighted by molar-refractivity contribution is 0.461. The van der Waals surface area contributed by atoms with Gasteiger partial charge in [-0.05, 0) is 61.6 Å². The Labute approximate surface area is 118 Å². The minimum Gasteiger partial charge on any atom is -0.382 e. The molecule has 0 heterocycles. The summed E-state index contributed by atoms with van der Waals surface area (Å²) in [6.45, 7) is 6.96. The summed E-state index contributed by atoms with van der Waals surface area (Å²) >= 11 is 0. The third kappa shape index (κ3) is 3.75. The molecule has 1 nitrogen and oxygen atoms in total. The Hall–Kier alpha value is -0.980. The van der Waals surface area contributed by atoms with E-state index in [1.807, 2.05) is 0 Å². The maximum absolute atomic E-state index is 3.82. The van der Waals surface area contributed by atoms with Gasteiger partial charge in [0.25, 0.3) is 0 Å². The summed E-state index contributed by atoms with van der Waals surface area (Å²) in [4.78, 5) is 0. The smallest absolute Gasteiger partial charge is 0.0377 e. The van der Waals surface area contributed by atoms with Crippen LogP contribution in [0.2, 0.25) is 0 Å². The minimum atomic E-state index is 0.628. The molecule has 19 heavy (non-hydrogen) atoms. The van der Waals surface area contributed by atoms with Gasteiger partial charge < -0.3 is 5.32 Å². The summed E-state index contributed by atoms with van der Waals surface area (Å²) in [6, 6.07) is 7.45. The second-order valence-electron chi connectivity index (χ2n) is 6.15. The number of benzene rings is 1. The number of fused-ring (bicyclic) bond motifs is 1. The number of rotatable bonds is 6. The standard InChI is InChI=1S/C18H29N/c1-4-14(3)13-16(5-2)19-18-12-8-10-15-9-6-7-11-17(15)18/h8,10,12,14,16,19H,4-7,9,11,13H2,1-3H3. The van der Waals surface area contributed by atoms with E-state index < -0.39 is 0 Å². The van der Waals surface area contributed by atoms with Crippen LogP contribution < -0.4 is 5.32 Å². The van der Waals surface area contributed by atoms with Crippen LogP contribution in [-0.4, -0.2) is 6.04 Å². The Morgan fingerprint density at radius 3 is 2.63 bits per heavy atom. The highest BCUT2D eigenvalue weighted by molar-refractivity contribution is 5.56. The molecule has 2 unspecified atom stereocenters. The molecular formula is C18H29N. The number of hydrogen-bond acceptors (Lipinski definition) is 1. The van der Waals surface area contributed by atoms with Crippen LogP contribution in [0.1, 0.15) is 64.0 Å². The molecular weight excluding hydrogens is 230 g/mol. The van der Waals surface area contributed by atoms with Crippen molar-refractivity contribution >= 4 is 5.69 Å². The molecule has 106 valence electrons. The number of hydrogen-bond donors (Lipinski definition) is 1. The SMILES string of the molecule is CCC(C)CC(CC)Nc1cccc2c1CCCC2. The van der Waals surface area contributed by atoms with Crippen molar-refractivity contribution in [2.24, 2.45) is 5.92 Å². The molecule has 1 aromatic carbocycles. The second-order valence-corrected chi connectivity index (χ2v) is 6.15. The lowest BCUT2D eigenvalue weighted by atomic mass is 9.90. The van der Waals surface area contributed by atoms with E-state index in [4.69, 9.17) is 0 Å². The van der Waals surface area contributed by atoms with E-state index in [0.29, 0.717) is 6.04 Å². The average molecular weight is 259 g/mol. The molecule has 0 fully saturated rings. The summed E-state index contributed by atoms with van der Waals surface area (Å²) < 4.78 is 0.